The van der Waals surface area contributed by atoms with Crippen molar-refractivity contribution in [2.45, 2.75) is 19.4 Å². The molecule has 1 aromatic rings. The van der Waals surface area contributed by atoms with Crippen molar-refractivity contribution >= 4 is 11.6 Å². The number of rotatable bonds is 4. The summed E-state index contributed by atoms with van der Waals surface area (Å²) in [6.45, 7) is 1.90. The van der Waals surface area contributed by atoms with Gasteiger partial charge in [0.25, 0.3) is 0 Å². The minimum absolute atomic E-state index is 0.0114. The molecule has 0 bridgehead atoms. The molecule has 2 N–H and O–H groups in total. The van der Waals surface area contributed by atoms with E-state index < -0.39 is 0 Å². The molecule has 1 atom stereocenters. The van der Waals surface area contributed by atoms with Crippen LogP contribution in [0.2, 0.25) is 5.02 Å². The molecule has 0 aliphatic rings. The lowest BCUT2D eigenvalue weighted by molar-refractivity contribution is 0.381. The fourth-order valence-corrected chi connectivity index (χ4v) is 1.48. The average Bonchev–Trinajstić information content (AvgIpc) is 2.19. The van der Waals surface area contributed by atoms with Crippen molar-refractivity contribution in [3.8, 4) is 11.6 Å². The van der Waals surface area contributed by atoms with Crippen LogP contribution in [-0.4, -0.2) is 25.2 Å². The molecule has 1 aromatic heterocycles. The summed E-state index contributed by atoms with van der Waals surface area (Å²) in [5, 5.41) is 0.433. The maximum Gasteiger partial charge on any atom is 0.232 e. The second kappa shape index (κ2) is 5.19. The van der Waals surface area contributed by atoms with Crippen LogP contribution in [0.5, 0.6) is 11.6 Å². The molecule has 0 aliphatic heterocycles. The number of hydrogen-bond donors (Lipinski definition) is 1. The first-order valence-electron chi connectivity index (χ1n) is 4.61. The van der Waals surface area contributed by atoms with Gasteiger partial charge in [0.1, 0.15) is 10.8 Å². The van der Waals surface area contributed by atoms with Gasteiger partial charge in [-0.05, 0) is 6.92 Å². The summed E-state index contributed by atoms with van der Waals surface area (Å²) in [6.07, 6.45) is 0.622. The summed E-state index contributed by atoms with van der Waals surface area (Å²) in [5.41, 5.74) is 6.47. The highest BCUT2D eigenvalue weighted by Crippen LogP contribution is 2.29. The van der Waals surface area contributed by atoms with Crippen LogP contribution in [0.3, 0.4) is 0 Å². The number of methoxy groups -OCH3 is 2. The lowest BCUT2D eigenvalue weighted by Crippen LogP contribution is -2.19. The zero-order chi connectivity index (χ0) is 11.4. The SMILES string of the molecule is COc1cc(Cl)c(OC)nc1CC(C)N. The molecule has 0 saturated carbocycles. The van der Waals surface area contributed by atoms with Crippen LogP contribution in [0.15, 0.2) is 6.07 Å². The Morgan fingerprint density at radius 2 is 2.13 bits per heavy atom. The van der Waals surface area contributed by atoms with Crippen LogP contribution in [-0.2, 0) is 6.42 Å². The monoisotopic (exact) mass is 230 g/mol. The first-order chi connectivity index (χ1) is 7.08. The molecule has 0 amide bonds. The average molecular weight is 231 g/mol. The van der Waals surface area contributed by atoms with E-state index in [-0.39, 0.29) is 6.04 Å². The van der Waals surface area contributed by atoms with Crippen molar-refractivity contribution < 1.29 is 9.47 Å². The van der Waals surface area contributed by atoms with Gasteiger partial charge in [-0.15, -0.1) is 0 Å². The quantitative estimate of drug-likeness (QED) is 0.855. The van der Waals surface area contributed by atoms with E-state index in [0.717, 1.165) is 5.69 Å². The first kappa shape index (κ1) is 12.1. The van der Waals surface area contributed by atoms with Crippen molar-refractivity contribution in [1.29, 1.82) is 0 Å². The van der Waals surface area contributed by atoms with E-state index in [1.54, 1.807) is 13.2 Å². The smallest absolute Gasteiger partial charge is 0.232 e. The molecule has 0 radical (unpaired) electrons. The Labute approximate surface area is 94.3 Å². The zero-order valence-electron chi connectivity index (χ0n) is 9.08. The van der Waals surface area contributed by atoms with Gasteiger partial charge in [-0.3, -0.25) is 0 Å². The largest absolute Gasteiger partial charge is 0.495 e. The molecule has 0 aliphatic carbocycles. The number of hydrogen-bond acceptors (Lipinski definition) is 4. The minimum atomic E-state index is 0.0114. The maximum absolute atomic E-state index is 5.92. The second-order valence-electron chi connectivity index (χ2n) is 3.31. The van der Waals surface area contributed by atoms with Crippen molar-refractivity contribution in [3.63, 3.8) is 0 Å². The van der Waals surface area contributed by atoms with Gasteiger partial charge in [-0.2, -0.15) is 0 Å². The molecular formula is C10H15ClN2O2. The van der Waals surface area contributed by atoms with E-state index in [1.165, 1.54) is 7.11 Å². The molecule has 0 fully saturated rings. The van der Waals surface area contributed by atoms with Crippen LogP contribution in [0.4, 0.5) is 0 Å². The Bertz CT molecular complexity index is 342. The molecule has 0 aromatic carbocycles. The van der Waals surface area contributed by atoms with Crippen molar-refractivity contribution in [3.05, 3.63) is 16.8 Å². The van der Waals surface area contributed by atoms with Crippen molar-refractivity contribution in [2.24, 2.45) is 5.73 Å². The molecule has 0 spiro atoms. The second-order valence-corrected chi connectivity index (χ2v) is 3.72. The van der Waals surface area contributed by atoms with E-state index in [1.807, 2.05) is 6.92 Å². The highest BCUT2D eigenvalue weighted by Gasteiger charge is 2.12. The van der Waals surface area contributed by atoms with Gasteiger partial charge in [-0.1, -0.05) is 11.6 Å². The molecule has 84 valence electrons. The Morgan fingerprint density at radius 1 is 1.47 bits per heavy atom. The number of aromatic nitrogens is 1. The number of halogens is 1. The summed E-state index contributed by atoms with van der Waals surface area (Å²) in [7, 11) is 3.10. The van der Waals surface area contributed by atoms with Gasteiger partial charge in [0, 0.05) is 18.5 Å². The highest BCUT2D eigenvalue weighted by atomic mass is 35.5. The van der Waals surface area contributed by atoms with Gasteiger partial charge in [0.15, 0.2) is 0 Å². The van der Waals surface area contributed by atoms with Gasteiger partial charge < -0.3 is 15.2 Å². The first-order valence-corrected chi connectivity index (χ1v) is 4.99. The number of nitrogens with zero attached hydrogens (tertiary/aromatic N) is 1. The standard InChI is InChI=1S/C10H15ClN2O2/c1-6(12)4-8-9(14-2)5-7(11)10(13-8)15-3/h5-6H,4,12H2,1-3H3. The van der Waals surface area contributed by atoms with E-state index in [9.17, 15) is 0 Å². The molecule has 0 saturated heterocycles. The predicted molar refractivity (Wildman–Crippen MR) is 59.7 cm³/mol. The Hall–Kier alpha value is -1.00. The van der Waals surface area contributed by atoms with E-state index in [0.29, 0.717) is 23.1 Å². The Kier molecular flexibility index (Phi) is 4.17. The van der Waals surface area contributed by atoms with Crippen LogP contribution in [0, 0.1) is 0 Å². The summed E-state index contributed by atoms with van der Waals surface area (Å²) in [6, 6.07) is 1.70. The summed E-state index contributed by atoms with van der Waals surface area (Å²) in [4.78, 5) is 4.24. The fraction of sp³-hybridized carbons (Fsp3) is 0.500. The Morgan fingerprint density at radius 3 is 2.60 bits per heavy atom. The van der Waals surface area contributed by atoms with E-state index in [2.05, 4.69) is 4.98 Å². The van der Waals surface area contributed by atoms with Gasteiger partial charge in [0.05, 0.1) is 19.9 Å². The summed E-state index contributed by atoms with van der Waals surface area (Å²) < 4.78 is 10.2. The van der Waals surface area contributed by atoms with Crippen LogP contribution >= 0.6 is 11.6 Å². The van der Waals surface area contributed by atoms with Gasteiger partial charge >= 0.3 is 0 Å². The van der Waals surface area contributed by atoms with Gasteiger partial charge in [-0.25, -0.2) is 4.98 Å². The zero-order valence-corrected chi connectivity index (χ0v) is 9.84. The predicted octanol–water partition coefficient (Wildman–Crippen LogP) is 1.64. The van der Waals surface area contributed by atoms with Crippen LogP contribution in [0.1, 0.15) is 12.6 Å². The third kappa shape index (κ3) is 2.97. The van der Waals surface area contributed by atoms with Crippen molar-refractivity contribution in [2.75, 3.05) is 14.2 Å². The molecule has 15 heavy (non-hydrogen) atoms. The van der Waals surface area contributed by atoms with Crippen LogP contribution < -0.4 is 15.2 Å². The Balaban J connectivity index is 3.10. The van der Waals surface area contributed by atoms with E-state index >= 15 is 0 Å². The maximum atomic E-state index is 5.92. The molecule has 1 heterocycles. The van der Waals surface area contributed by atoms with E-state index in [4.69, 9.17) is 26.8 Å². The topological polar surface area (TPSA) is 57.4 Å². The molecule has 1 unspecified atom stereocenters. The molecular weight excluding hydrogens is 216 g/mol. The third-order valence-corrected chi connectivity index (χ3v) is 2.18. The fourth-order valence-electron chi connectivity index (χ4n) is 1.26. The normalized spacial score (nSPS) is 12.3. The summed E-state index contributed by atoms with van der Waals surface area (Å²) in [5.74, 6) is 1.03. The highest BCUT2D eigenvalue weighted by molar-refractivity contribution is 6.32. The molecule has 4 nitrogen and oxygen atoms in total. The molecule has 5 heteroatoms. The van der Waals surface area contributed by atoms with Gasteiger partial charge in [0.2, 0.25) is 5.88 Å². The molecule has 1 rings (SSSR count). The third-order valence-electron chi connectivity index (χ3n) is 1.91. The van der Waals surface area contributed by atoms with Crippen LogP contribution in [0.25, 0.3) is 0 Å². The number of pyridine rings is 1. The van der Waals surface area contributed by atoms with Crippen molar-refractivity contribution in [1.82, 2.24) is 4.98 Å². The lowest BCUT2D eigenvalue weighted by atomic mass is 10.1. The number of ether oxygens (including phenoxy) is 2. The summed E-state index contributed by atoms with van der Waals surface area (Å²) >= 11 is 5.92. The number of nitrogens with two attached hydrogens (primary N) is 1. The lowest BCUT2D eigenvalue weighted by Gasteiger charge is -2.12. The minimum Gasteiger partial charge on any atom is -0.495 e.